The van der Waals surface area contributed by atoms with Gasteiger partial charge in [0.05, 0.1) is 11.9 Å². The van der Waals surface area contributed by atoms with Gasteiger partial charge in [0.25, 0.3) is 0 Å². The molecule has 2 rings (SSSR count). The summed E-state index contributed by atoms with van der Waals surface area (Å²) in [6.45, 7) is 0. The van der Waals surface area contributed by atoms with Crippen molar-refractivity contribution < 1.29 is 0 Å². The van der Waals surface area contributed by atoms with E-state index in [2.05, 4.69) is 10.3 Å². The van der Waals surface area contributed by atoms with Gasteiger partial charge in [-0.1, -0.05) is 11.6 Å². The van der Waals surface area contributed by atoms with E-state index < -0.39 is 0 Å². The molecule has 1 saturated heterocycles. The predicted molar refractivity (Wildman–Crippen MR) is 58.6 cm³/mol. The number of hydrogen-bond acceptors (Lipinski definition) is 3. The van der Waals surface area contributed by atoms with Crippen molar-refractivity contribution in [2.45, 2.75) is 12.5 Å². The van der Waals surface area contributed by atoms with Crippen LogP contribution in [0.2, 0.25) is 5.15 Å². The maximum atomic E-state index is 5.69. The molecule has 2 nitrogen and oxygen atoms in total. The first-order chi connectivity index (χ1) is 6.34. The Morgan fingerprint density at radius 2 is 2.46 bits per heavy atom. The third-order valence-corrected chi connectivity index (χ3v) is 3.41. The summed E-state index contributed by atoms with van der Waals surface area (Å²) in [4.78, 5) is 4.02. The Hall–Kier alpha value is -0.410. The summed E-state index contributed by atoms with van der Waals surface area (Å²) in [7, 11) is 0. The normalized spacial score (nSPS) is 21.8. The zero-order valence-electron chi connectivity index (χ0n) is 7.16. The van der Waals surface area contributed by atoms with Gasteiger partial charge in [-0.25, -0.2) is 4.98 Å². The zero-order valence-corrected chi connectivity index (χ0v) is 8.74. The summed E-state index contributed by atoms with van der Waals surface area (Å²) in [5.41, 5.74) is 1.07. The second kappa shape index (κ2) is 4.20. The topological polar surface area (TPSA) is 24.9 Å². The van der Waals surface area contributed by atoms with Crippen LogP contribution in [-0.4, -0.2) is 22.5 Å². The lowest BCUT2D eigenvalue weighted by molar-refractivity contribution is 0.812. The average molecular weight is 215 g/mol. The van der Waals surface area contributed by atoms with Crippen LogP contribution in [0, 0.1) is 0 Å². The van der Waals surface area contributed by atoms with E-state index in [0.29, 0.717) is 11.2 Å². The van der Waals surface area contributed by atoms with Gasteiger partial charge in [-0.3, -0.25) is 0 Å². The van der Waals surface area contributed by atoms with Gasteiger partial charge in [0.2, 0.25) is 0 Å². The fourth-order valence-corrected chi connectivity index (χ4v) is 2.61. The van der Waals surface area contributed by atoms with Gasteiger partial charge >= 0.3 is 0 Å². The maximum Gasteiger partial charge on any atom is 0.129 e. The van der Waals surface area contributed by atoms with Crippen LogP contribution < -0.4 is 5.32 Å². The molecule has 1 atom stereocenters. The summed E-state index contributed by atoms with van der Waals surface area (Å²) in [5.74, 6) is 2.46. The van der Waals surface area contributed by atoms with E-state index in [1.165, 1.54) is 17.9 Å². The van der Waals surface area contributed by atoms with E-state index in [-0.39, 0.29) is 0 Å². The average Bonchev–Trinajstić information content (AvgIpc) is 2.62. The lowest BCUT2D eigenvalue weighted by Crippen LogP contribution is -2.17. The number of nitrogens with one attached hydrogen (secondary N) is 1. The molecule has 1 fully saturated rings. The molecule has 1 N–H and O–H groups in total. The Labute approximate surface area is 87.1 Å². The molecule has 1 aromatic rings. The first kappa shape index (κ1) is 9.16. The van der Waals surface area contributed by atoms with E-state index in [9.17, 15) is 0 Å². The second-order valence-corrected chi connectivity index (χ2v) is 4.61. The summed E-state index contributed by atoms with van der Waals surface area (Å²) in [5, 5.41) is 3.97. The highest BCUT2D eigenvalue weighted by molar-refractivity contribution is 7.99. The predicted octanol–water partition coefficient (Wildman–Crippen LogP) is 2.65. The van der Waals surface area contributed by atoms with E-state index in [1.807, 2.05) is 23.9 Å². The van der Waals surface area contributed by atoms with Crippen LogP contribution in [0.25, 0.3) is 0 Å². The van der Waals surface area contributed by atoms with Crippen LogP contribution in [0.1, 0.15) is 6.42 Å². The molecular formula is C9H11ClN2S. The number of hydrogen-bond donors (Lipinski definition) is 1. The molecule has 4 heteroatoms. The Morgan fingerprint density at radius 1 is 1.54 bits per heavy atom. The SMILES string of the molecule is Clc1ccc(NC2CCSC2)cn1. The van der Waals surface area contributed by atoms with Gasteiger partial charge in [0.15, 0.2) is 0 Å². The van der Waals surface area contributed by atoms with Crippen LogP contribution in [0.15, 0.2) is 18.3 Å². The second-order valence-electron chi connectivity index (χ2n) is 3.07. The first-order valence-corrected chi connectivity index (χ1v) is 5.84. The van der Waals surface area contributed by atoms with Crippen LogP contribution >= 0.6 is 23.4 Å². The number of thioether (sulfide) groups is 1. The van der Waals surface area contributed by atoms with Crippen molar-refractivity contribution in [3.63, 3.8) is 0 Å². The van der Waals surface area contributed by atoms with Crippen molar-refractivity contribution in [2.24, 2.45) is 0 Å². The number of pyridine rings is 1. The molecule has 0 aromatic carbocycles. The van der Waals surface area contributed by atoms with E-state index >= 15 is 0 Å². The molecule has 2 heterocycles. The Bertz CT molecular complexity index is 269. The highest BCUT2D eigenvalue weighted by Crippen LogP contribution is 2.21. The molecule has 70 valence electrons. The van der Waals surface area contributed by atoms with E-state index in [1.54, 1.807) is 6.20 Å². The molecule has 0 radical (unpaired) electrons. The Kier molecular flexibility index (Phi) is 2.96. The largest absolute Gasteiger partial charge is 0.380 e. The minimum Gasteiger partial charge on any atom is -0.380 e. The van der Waals surface area contributed by atoms with Crippen molar-refractivity contribution in [3.8, 4) is 0 Å². The molecule has 0 spiro atoms. The third kappa shape index (κ3) is 2.51. The molecule has 1 aromatic heterocycles. The number of nitrogens with zero attached hydrogens (tertiary/aromatic N) is 1. The van der Waals surface area contributed by atoms with Crippen molar-refractivity contribution in [1.82, 2.24) is 4.98 Å². The first-order valence-electron chi connectivity index (χ1n) is 4.30. The molecular weight excluding hydrogens is 204 g/mol. The molecule has 0 aliphatic carbocycles. The highest BCUT2D eigenvalue weighted by atomic mass is 35.5. The van der Waals surface area contributed by atoms with Crippen molar-refractivity contribution in [1.29, 1.82) is 0 Å². The highest BCUT2D eigenvalue weighted by Gasteiger charge is 2.14. The molecule has 1 unspecified atom stereocenters. The lowest BCUT2D eigenvalue weighted by atomic mass is 10.2. The van der Waals surface area contributed by atoms with Crippen molar-refractivity contribution in [3.05, 3.63) is 23.5 Å². The molecule has 13 heavy (non-hydrogen) atoms. The molecule has 0 saturated carbocycles. The molecule has 0 amide bonds. The fraction of sp³-hybridized carbons (Fsp3) is 0.444. The number of rotatable bonds is 2. The van der Waals surface area contributed by atoms with Gasteiger partial charge in [0, 0.05) is 11.8 Å². The molecule has 0 bridgehead atoms. The zero-order chi connectivity index (χ0) is 9.10. The smallest absolute Gasteiger partial charge is 0.129 e. The lowest BCUT2D eigenvalue weighted by Gasteiger charge is -2.11. The minimum atomic E-state index is 0.548. The van der Waals surface area contributed by atoms with Gasteiger partial charge in [-0.2, -0.15) is 11.8 Å². The Balaban J connectivity index is 1.97. The molecule has 1 aliphatic heterocycles. The van der Waals surface area contributed by atoms with Gasteiger partial charge < -0.3 is 5.32 Å². The number of halogens is 1. The Morgan fingerprint density at radius 3 is 3.08 bits per heavy atom. The van der Waals surface area contributed by atoms with Crippen molar-refractivity contribution >= 4 is 29.1 Å². The van der Waals surface area contributed by atoms with Crippen LogP contribution in [0.4, 0.5) is 5.69 Å². The van der Waals surface area contributed by atoms with Gasteiger partial charge in [-0.05, 0) is 24.3 Å². The van der Waals surface area contributed by atoms with Crippen LogP contribution in [-0.2, 0) is 0 Å². The van der Waals surface area contributed by atoms with Crippen LogP contribution in [0.3, 0.4) is 0 Å². The number of anilines is 1. The summed E-state index contributed by atoms with van der Waals surface area (Å²) in [6, 6.07) is 4.39. The monoisotopic (exact) mass is 214 g/mol. The van der Waals surface area contributed by atoms with E-state index in [0.717, 1.165) is 5.69 Å². The third-order valence-electron chi connectivity index (χ3n) is 2.03. The van der Waals surface area contributed by atoms with E-state index in [4.69, 9.17) is 11.6 Å². The quantitative estimate of drug-likeness (QED) is 0.767. The van der Waals surface area contributed by atoms with Gasteiger partial charge in [0.1, 0.15) is 5.15 Å². The molecule has 1 aliphatic rings. The summed E-state index contributed by atoms with van der Waals surface area (Å²) < 4.78 is 0. The van der Waals surface area contributed by atoms with Crippen molar-refractivity contribution in [2.75, 3.05) is 16.8 Å². The maximum absolute atomic E-state index is 5.69. The number of aromatic nitrogens is 1. The standard InChI is InChI=1S/C9H11ClN2S/c10-9-2-1-7(5-11-9)12-8-3-4-13-6-8/h1-2,5,8,12H,3-4,6H2. The summed E-state index contributed by atoms with van der Waals surface area (Å²) >= 11 is 7.68. The van der Waals surface area contributed by atoms with Crippen LogP contribution in [0.5, 0.6) is 0 Å². The van der Waals surface area contributed by atoms with Gasteiger partial charge in [-0.15, -0.1) is 0 Å². The summed E-state index contributed by atoms with van der Waals surface area (Å²) in [6.07, 6.45) is 3.03. The minimum absolute atomic E-state index is 0.548. The fourth-order valence-electron chi connectivity index (χ4n) is 1.35.